The van der Waals surface area contributed by atoms with E-state index in [0.29, 0.717) is 41.1 Å². The highest BCUT2D eigenvalue weighted by Gasteiger charge is 2.23. The fourth-order valence-corrected chi connectivity index (χ4v) is 4.34. The zero-order chi connectivity index (χ0) is 22.8. The summed E-state index contributed by atoms with van der Waals surface area (Å²) in [5.41, 5.74) is 3.71. The molecule has 3 aromatic carbocycles. The first-order chi connectivity index (χ1) is 16.2. The number of methoxy groups -OCH3 is 2. The monoisotopic (exact) mass is 443 g/mol. The number of nitrogens with zero attached hydrogens (tertiary/aromatic N) is 1. The molecule has 6 nitrogen and oxygen atoms in total. The molecular weight excluding hydrogens is 418 g/mol. The molecule has 0 saturated heterocycles. The van der Waals surface area contributed by atoms with Crippen LogP contribution in [0.4, 0.5) is 0 Å². The number of ether oxygens (including phenoxy) is 3. The van der Waals surface area contributed by atoms with Crippen molar-refractivity contribution in [2.24, 2.45) is 0 Å². The number of benzene rings is 3. The standard InChI is InChI=1S/C27H25NO5/c1-30-23-9-5-3-7-18(23)13-14-28-15-21-25(33-17-28)12-11-20-26(29)22(16-32-27(20)21)19-8-4-6-10-24(19)31-2/h3-12,16H,13-15,17H2,1-2H3. The van der Waals surface area contributed by atoms with Gasteiger partial charge in [0.25, 0.3) is 0 Å². The minimum absolute atomic E-state index is 0.0882. The molecule has 2 heterocycles. The van der Waals surface area contributed by atoms with Crippen LogP contribution in [-0.2, 0) is 13.0 Å². The maximum absolute atomic E-state index is 13.4. The van der Waals surface area contributed by atoms with Gasteiger partial charge in [0.2, 0.25) is 5.43 Å². The molecule has 4 aromatic rings. The van der Waals surface area contributed by atoms with Gasteiger partial charge in [-0.05, 0) is 36.2 Å². The van der Waals surface area contributed by atoms with Gasteiger partial charge in [-0.25, -0.2) is 0 Å². The van der Waals surface area contributed by atoms with Crippen LogP contribution in [0.25, 0.3) is 22.1 Å². The lowest BCUT2D eigenvalue weighted by Crippen LogP contribution is -2.33. The van der Waals surface area contributed by atoms with Crippen LogP contribution in [0.5, 0.6) is 17.2 Å². The van der Waals surface area contributed by atoms with E-state index in [0.717, 1.165) is 35.6 Å². The van der Waals surface area contributed by atoms with Gasteiger partial charge in [0.05, 0.1) is 30.7 Å². The Balaban J connectivity index is 1.45. The molecule has 33 heavy (non-hydrogen) atoms. The van der Waals surface area contributed by atoms with E-state index < -0.39 is 0 Å². The van der Waals surface area contributed by atoms with Crippen molar-refractivity contribution in [3.8, 4) is 28.4 Å². The summed E-state index contributed by atoms with van der Waals surface area (Å²) in [4.78, 5) is 15.6. The lowest BCUT2D eigenvalue weighted by Gasteiger charge is -2.29. The molecule has 1 aromatic heterocycles. The van der Waals surface area contributed by atoms with Crippen LogP contribution in [0, 0.1) is 0 Å². The van der Waals surface area contributed by atoms with E-state index in [2.05, 4.69) is 11.0 Å². The molecule has 0 saturated carbocycles. The van der Waals surface area contributed by atoms with Crippen molar-refractivity contribution < 1.29 is 18.6 Å². The Morgan fingerprint density at radius 3 is 2.48 bits per heavy atom. The van der Waals surface area contributed by atoms with Gasteiger partial charge in [0.15, 0.2) is 0 Å². The fraction of sp³-hybridized carbons (Fsp3) is 0.222. The fourth-order valence-electron chi connectivity index (χ4n) is 4.34. The summed E-state index contributed by atoms with van der Waals surface area (Å²) in [5, 5.41) is 0.535. The first-order valence-electron chi connectivity index (χ1n) is 10.9. The minimum atomic E-state index is -0.0882. The van der Waals surface area contributed by atoms with Crippen LogP contribution >= 0.6 is 0 Å². The van der Waals surface area contributed by atoms with Gasteiger partial charge < -0.3 is 18.6 Å². The number of para-hydroxylation sites is 2. The predicted octanol–water partition coefficient (Wildman–Crippen LogP) is 4.87. The zero-order valence-electron chi connectivity index (χ0n) is 18.7. The Morgan fingerprint density at radius 2 is 1.67 bits per heavy atom. The van der Waals surface area contributed by atoms with Crippen LogP contribution in [0.15, 0.2) is 76.1 Å². The van der Waals surface area contributed by atoms with Crippen molar-refractivity contribution in [2.75, 3.05) is 27.5 Å². The van der Waals surface area contributed by atoms with Gasteiger partial charge in [-0.1, -0.05) is 36.4 Å². The second-order valence-electron chi connectivity index (χ2n) is 7.99. The van der Waals surface area contributed by atoms with E-state index >= 15 is 0 Å². The minimum Gasteiger partial charge on any atom is -0.496 e. The van der Waals surface area contributed by atoms with Crippen molar-refractivity contribution >= 4 is 11.0 Å². The first-order valence-corrected chi connectivity index (χ1v) is 10.9. The number of hydrogen-bond donors (Lipinski definition) is 0. The van der Waals surface area contributed by atoms with Crippen LogP contribution in [0.1, 0.15) is 11.1 Å². The molecular formula is C27H25NO5. The maximum atomic E-state index is 13.4. The third-order valence-electron chi connectivity index (χ3n) is 6.07. The third-order valence-corrected chi connectivity index (χ3v) is 6.07. The summed E-state index contributed by atoms with van der Waals surface area (Å²) < 4.78 is 22.9. The topological polar surface area (TPSA) is 61.1 Å². The van der Waals surface area contributed by atoms with Gasteiger partial charge in [-0.2, -0.15) is 0 Å². The maximum Gasteiger partial charge on any atom is 0.200 e. The van der Waals surface area contributed by atoms with E-state index in [4.69, 9.17) is 18.6 Å². The molecule has 0 amide bonds. The molecule has 0 fully saturated rings. The van der Waals surface area contributed by atoms with Crippen LogP contribution in [0.2, 0.25) is 0 Å². The Hall–Kier alpha value is -3.77. The van der Waals surface area contributed by atoms with Crippen LogP contribution in [0.3, 0.4) is 0 Å². The Labute approximate surface area is 191 Å². The summed E-state index contributed by atoms with van der Waals surface area (Å²) in [6.07, 6.45) is 2.35. The average molecular weight is 443 g/mol. The SMILES string of the molecule is COc1ccccc1CCN1COc2ccc3c(=O)c(-c4ccccc4OC)coc3c2C1. The van der Waals surface area contributed by atoms with Crippen molar-refractivity contribution in [3.05, 3.63) is 88.3 Å². The van der Waals surface area contributed by atoms with E-state index in [1.807, 2.05) is 48.5 Å². The largest absolute Gasteiger partial charge is 0.496 e. The molecule has 0 spiro atoms. The molecule has 1 aliphatic rings. The van der Waals surface area contributed by atoms with Crippen molar-refractivity contribution in [3.63, 3.8) is 0 Å². The highest BCUT2D eigenvalue weighted by atomic mass is 16.5. The molecule has 0 bridgehead atoms. The van der Waals surface area contributed by atoms with Gasteiger partial charge in [-0.3, -0.25) is 9.69 Å². The van der Waals surface area contributed by atoms with Gasteiger partial charge in [0.1, 0.15) is 35.8 Å². The van der Waals surface area contributed by atoms with Crippen molar-refractivity contribution in [2.45, 2.75) is 13.0 Å². The quantitative estimate of drug-likeness (QED) is 0.424. The van der Waals surface area contributed by atoms with Gasteiger partial charge in [-0.15, -0.1) is 0 Å². The number of rotatable bonds is 6. The molecule has 0 aliphatic carbocycles. The molecule has 0 unspecified atom stereocenters. The number of fused-ring (bicyclic) bond motifs is 3. The lowest BCUT2D eigenvalue weighted by molar-refractivity contribution is 0.0966. The Kier molecular flexibility index (Phi) is 5.75. The Bertz CT molecular complexity index is 1360. The predicted molar refractivity (Wildman–Crippen MR) is 127 cm³/mol. The molecule has 5 rings (SSSR count). The smallest absolute Gasteiger partial charge is 0.200 e. The third kappa shape index (κ3) is 3.94. The van der Waals surface area contributed by atoms with Gasteiger partial charge in [0, 0.05) is 18.7 Å². The average Bonchev–Trinajstić information content (AvgIpc) is 2.87. The summed E-state index contributed by atoms with van der Waals surface area (Å²) in [7, 11) is 3.28. The van der Waals surface area contributed by atoms with Gasteiger partial charge >= 0.3 is 0 Å². The van der Waals surface area contributed by atoms with Crippen molar-refractivity contribution in [1.29, 1.82) is 0 Å². The number of hydrogen-bond acceptors (Lipinski definition) is 6. The summed E-state index contributed by atoms with van der Waals surface area (Å²) in [6, 6.07) is 19.1. The highest BCUT2D eigenvalue weighted by Crippen LogP contribution is 2.34. The van der Waals surface area contributed by atoms with E-state index in [9.17, 15) is 4.79 Å². The molecule has 1 aliphatic heterocycles. The Morgan fingerprint density at radius 1 is 0.909 bits per heavy atom. The summed E-state index contributed by atoms with van der Waals surface area (Å²) in [5.74, 6) is 2.27. The van der Waals surface area contributed by atoms with E-state index in [1.54, 1.807) is 20.3 Å². The zero-order valence-corrected chi connectivity index (χ0v) is 18.7. The molecule has 0 radical (unpaired) electrons. The van der Waals surface area contributed by atoms with Crippen LogP contribution < -0.4 is 19.6 Å². The summed E-state index contributed by atoms with van der Waals surface area (Å²) >= 11 is 0. The van der Waals surface area contributed by atoms with Crippen molar-refractivity contribution in [1.82, 2.24) is 4.90 Å². The summed E-state index contributed by atoms with van der Waals surface area (Å²) in [6.45, 7) is 1.91. The normalized spacial score (nSPS) is 13.4. The molecule has 168 valence electrons. The highest BCUT2D eigenvalue weighted by molar-refractivity contribution is 5.86. The lowest BCUT2D eigenvalue weighted by atomic mass is 10.0. The molecule has 0 N–H and O–H groups in total. The molecule has 0 atom stereocenters. The second-order valence-corrected chi connectivity index (χ2v) is 7.99. The van der Waals surface area contributed by atoms with E-state index in [1.165, 1.54) is 6.26 Å². The van der Waals surface area contributed by atoms with E-state index in [-0.39, 0.29) is 5.43 Å². The molecule has 6 heteroatoms. The van der Waals surface area contributed by atoms with Crippen LogP contribution in [-0.4, -0.2) is 32.4 Å². The first kappa shape index (κ1) is 21.1. The second kappa shape index (κ2) is 9.00.